The van der Waals surface area contributed by atoms with Crippen LogP contribution in [0.5, 0.6) is 0 Å². The van der Waals surface area contributed by atoms with Gasteiger partial charge in [0.05, 0.1) is 0 Å². The summed E-state index contributed by atoms with van der Waals surface area (Å²) in [6, 6.07) is 12.8. The third-order valence-electron chi connectivity index (χ3n) is 3.80. The number of hydrogen-bond acceptors (Lipinski definition) is 3. The van der Waals surface area contributed by atoms with Gasteiger partial charge in [-0.25, -0.2) is 4.98 Å². The van der Waals surface area contributed by atoms with Crippen molar-refractivity contribution in [2.75, 3.05) is 5.32 Å². The normalized spacial score (nSPS) is 13.6. The van der Waals surface area contributed by atoms with Gasteiger partial charge in [-0.1, -0.05) is 24.3 Å². The lowest BCUT2D eigenvalue weighted by molar-refractivity contribution is 0.764. The van der Waals surface area contributed by atoms with Crippen molar-refractivity contribution in [3.8, 4) is 0 Å². The Morgan fingerprint density at radius 2 is 2.10 bits per heavy atom. The third kappa shape index (κ3) is 1.94. The zero-order valence-electron chi connectivity index (χ0n) is 11.1. The van der Waals surface area contributed by atoms with Gasteiger partial charge in [0.1, 0.15) is 11.5 Å². The van der Waals surface area contributed by atoms with Gasteiger partial charge in [0.25, 0.3) is 0 Å². The summed E-state index contributed by atoms with van der Waals surface area (Å²) in [4.78, 5) is 4.30. The molecular formula is C16H16N4. The van der Waals surface area contributed by atoms with E-state index < -0.39 is 0 Å². The molecule has 1 aliphatic rings. The second-order valence-corrected chi connectivity index (χ2v) is 5.13. The summed E-state index contributed by atoms with van der Waals surface area (Å²) in [6.07, 6.45) is 3.80. The molecule has 3 heterocycles. The van der Waals surface area contributed by atoms with Crippen LogP contribution in [-0.2, 0) is 19.6 Å². The van der Waals surface area contributed by atoms with E-state index in [9.17, 15) is 0 Å². The first kappa shape index (κ1) is 11.5. The molecule has 0 aliphatic carbocycles. The summed E-state index contributed by atoms with van der Waals surface area (Å²) in [5.41, 5.74) is 5.12. The lowest BCUT2D eigenvalue weighted by Gasteiger charge is -2.10. The molecule has 0 radical (unpaired) electrons. The monoisotopic (exact) mass is 264 g/mol. The Morgan fingerprint density at radius 3 is 3.10 bits per heavy atom. The topological polar surface area (TPSA) is 41.4 Å². The summed E-state index contributed by atoms with van der Waals surface area (Å²) >= 11 is 0. The average molecular weight is 264 g/mol. The lowest BCUT2D eigenvalue weighted by atomic mass is 10.1. The number of fused-ring (bicyclic) bond motifs is 2. The first-order chi connectivity index (χ1) is 9.90. The Balaban J connectivity index is 1.57. The van der Waals surface area contributed by atoms with Crippen LogP contribution in [0.1, 0.15) is 16.7 Å². The second kappa shape index (κ2) is 4.65. The van der Waals surface area contributed by atoms with Crippen LogP contribution in [0.25, 0.3) is 5.65 Å². The van der Waals surface area contributed by atoms with E-state index in [1.165, 1.54) is 16.7 Å². The Kier molecular flexibility index (Phi) is 2.67. The molecule has 4 heteroatoms. The number of anilines is 1. The molecule has 0 spiro atoms. The minimum Gasteiger partial charge on any atom is -0.367 e. The molecule has 0 bridgehead atoms. The number of hydrogen-bond donors (Lipinski definition) is 2. The predicted molar refractivity (Wildman–Crippen MR) is 79.5 cm³/mol. The number of imidazole rings is 1. The van der Waals surface area contributed by atoms with Crippen molar-refractivity contribution in [1.82, 2.24) is 14.7 Å². The third-order valence-corrected chi connectivity index (χ3v) is 3.80. The van der Waals surface area contributed by atoms with E-state index in [1.807, 2.05) is 24.5 Å². The molecule has 0 unspecified atom stereocenters. The van der Waals surface area contributed by atoms with E-state index in [0.29, 0.717) is 0 Å². The number of benzene rings is 1. The largest absolute Gasteiger partial charge is 0.367 e. The van der Waals surface area contributed by atoms with Gasteiger partial charge < -0.3 is 10.6 Å². The number of pyridine rings is 1. The summed E-state index contributed by atoms with van der Waals surface area (Å²) in [5, 5.41) is 6.86. The number of rotatable bonds is 3. The van der Waals surface area contributed by atoms with Crippen molar-refractivity contribution in [3.63, 3.8) is 0 Å². The number of nitrogens with one attached hydrogen (secondary N) is 2. The molecular weight excluding hydrogens is 248 g/mol. The standard InChI is InChI=1S/C16H16N4/c1-2-15-18-6-7-20(15)16(3-1)19-9-12-4-5-13-10-17-11-14(13)8-12/h1-8,17,19H,9-11H2. The van der Waals surface area contributed by atoms with Crippen LogP contribution in [0.15, 0.2) is 48.8 Å². The van der Waals surface area contributed by atoms with Crippen molar-refractivity contribution in [2.45, 2.75) is 19.6 Å². The Labute approximate surface area is 117 Å². The zero-order valence-corrected chi connectivity index (χ0v) is 11.1. The fourth-order valence-corrected chi connectivity index (χ4v) is 2.74. The van der Waals surface area contributed by atoms with Gasteiger partial charge in [0.15, 0.2) is 0 Å². The minimum absolute atomic E-state index is 0.824. The number of nitrogens with zero attached hydrogens (tertiary/aromatic N) is 2. The van der Waals surface area contributed by atoms with Crippen molar-refractivity contribution in [2.24, 2.45) is 0 Å². The van der Waals surface area contributed by atoms with E-state index in [1.54, 1.807) is 0 Å². The van der Waals surface area contributed by atoms with Crippen molar-refractivity contribution in [3.05, 3.63) is 65.5 Å². The molecule has 2 N–H and O–H groups in total. The Bertz CT molecular complexity index is 760. The lowest BCUT2D eigenvalue weighted by Crippen LogP contribution is -2.04. The highest BCUT2D eigenvalue weighted by atomic mass is 15.1. The molecule has 0 saturated heterocycles. The van der Waals surface area contributed by atoms with Crippen LogP contribution in [-0.4, -0.2) is 9.38 Å². The summed E-state index contributed by atoms with van der Waals surface area (Å²) in [6.45, 7) is 2.81. The maximum Gasteiger partial charge on any atom is 0.138 e. The predicted octanol–water partition coefficient (Wildman–Crippen LogP) is 2.55. The molecule has 1 aliphatic heterocycles. The van der Waals surface area contributed by atoms with Gasteiger partial charge >= 0.3 is 0 Å². The average Bonchev–Trinajstić information content (AvgIpc) is 3.13. The van der Waals surface area contributed by atoms with E-state index in [2.05, 4.69) is 44.3 Å². The van der Waals surface area contributed by atoms with E-state index in [4.69, 9.17) is 0 Å². The smallest absolute Gasteiger partial charge is 0.138 e. The highest BCUT2D eigenvalue weighted by molar-refractivity contribution is 5.50. The van der Waals surface area contributed by atoms with E-state index in [0.717, 1.165) is 31.1 Å². The summed E-state index contributed by atoms with van der Waals surface area (Å²) in [5.74, 6) is 1.07. The molecule has 4 nitrogen and oxygen atoms in total. The first-order valence-electron chi connectivity index (χ1n) is 6.87. The summed E-state index contributed by atoms with van der Waals surface area (Å²) < 4.78 is 2.06. The van der Waals surface area contributed by atoms with Gasteiger partial charge in [-0.05, 0) is 28.8 Å². The van der Waals surface area contributed by atoms with Gasteiger partial charge in [-0.3, -0.25) is 4.40 Å². The fraction of sp³-hybridized carbons (Fsp3) is 0.188. The highest BCUT2D eigenvalue weighted by Gasteiger charge is 2.09. The molecule has 4 rings (SSSR count). The maximum absolute atomic E-state index is 4.30. The van der Waals surface area contributed by atoms with Gasteiger partial charge in [-0.15, -0.1) is 0 Å². The van der Waals surface area contributed by atoms with Crippen molar-refractivity contribution in [1.29, 1.82) is 0 Å². The summed E-state index contributed by atoms with van der Waals surface area (Å²) in [7, 11) is 0. The molecule has 0 saturated carbocycles. The Morgan fingerprint density at radius 1 is 1.15 bits per heavy atom. The van der Waals surface area contributed by atoms with E-state index in [-0.39, 0.29) is 0 Å². The van der Waals surface area contributed by atoms with Crippen LogP contribution >= 0.6 is 0 Å². The number of aromatic nitrogens is 2. The minimum atomic E-state index is 0.824. The Hall–Kier alpha value is -2.33. The van der Waals surface area contributed by atoms with Gasteiger partial charge in [0.2, 0.25) is 0 Å². The van der Waals surface area contributed by atoms with Crippen LogP contribution in [0.2, 0.25) is 0 Å². The molecule has 20 heavy (non-hydrogen) atoms. The van der Waals surface area contributed by atoms with Crippen molar-refractivity contribution >= 4 is 11.5 Å². The molecule has 100 valence electrons. The van der Waals surface area contributed by atoms with Crippen molar-refractivity contribution < 1.29 is 0 Å². The molecule has 3 aromatic rings. The van der Waals surface area contributed by atoms with Crippen LogP contribution in [0.3, 0.4) is 0 Å². The van der Waals surface area contributed by atoms with Gasteiger partial charge in [0, 0.05) is 32.0 Å². The van der Waals surface area contributed by atoms with Gasteiger partial charge in [-0.2, -0.15) is 0 Å². The first-order valence-corrected chi connectivity index (χ1v) is 6.87. The zero-order chi connectivity index (χ0) is 13.4. The molecule has 2 aromatic heterocycles. The molecule has 0 atom stereocenters. The van der Waals surface area contributed by atoms with E-state index >= 15 is 0 Å². The maximum atomic E-state index is 4.30. The van der Waals surface area contributed by atoms with Crippen LogP contribution in [0, 0.1) is 0 Å². The van der Waals surface area contributed by atoms with Crippen LogP contribution < -0.4 is 10.6 Å². The van der Waals surface area contributed by atoms with Crippen LogP contribution in [0.4, 0.5) is 5.82 Å². The SMILES string of the molecule is c1cc(NCc2ccc3c(c2)CNC3)n2ccnc2c1. The molecule has 1 aromatic carbocycles. The quantitative estimate of drug-likeness (QED) is 0.764. The molecule has 0 fully saturated rings. The molecule has 0 amide bonds. The highest BCUT2D eigenvalue weighted by Crippen LogP contribution is 2.18. The second-order valence-electron chi connectivity index (χ2n) is 5.13. The fourth-order valence-electron chi connectivity index (χ4n) is 2.74.